The van der Waals surface area contributed by atoms with E-state index in [1.54, 1.807) is 19.1 Å². The molecule has 12 heavy (non-hydrogen) atoms. The molecule has 72 valence electrons. The molecule has 0 fully saturated rings. The molecule has 0 aromatic carbocycles. The Labute approximate surface area is 82.8 Å². The van der Waals surface area contributed by atoms with Crippen molar-refractivity contribution in [3.63, 3.8) is 0 Å². The maximum Gasteiger partial charge on any atom is 0.364 e. The van der Waals surface area contributed by atoms with Crippen LogP contribution in [-0.4, -0.2) is 40.6 Å². The number of urea groups is 1. The van der Waals surface area contributed by atoms with Gasteiger partial charge in [-0.15, -0.1) is 3.94 Å². The zero-order valence-corrected chi connectivity index (χ0v) is 8.93. The Morgan fingerprint density at radius 3 is 2.08 bits per heavy atom. The molecular weight excluding hydrogens is 201 g/mol. The van der Waals surface area contributed by atoms with E-state index in [1.807, 2.05) is 6.92 Å². The summed E-state index contributed by atoms with van der Waals surface area (Å²) in [6.07, 6.45) is 0.853. The summed E-state index contributed by atoms with van der Waals surface area (Å²) in [4.78, 5) is 11.2. The Balaban J connectivity index is 4.19. The van der Waals surface area contributed by atoms with Gasteiger partial charge in [-0.05, 0) is 6.42 Å². The van der Waals surface area contributed by atoms with Crippen LogP contribution in [-0.2, 0) is 0 Å². The molecule has 6 heteroatoms. The van der Waals surface area contributed by atoms with Crippen LogP contribution in [0.2, 0.25) is 0 Å². The molecule has 0 aliphatic carbocycles. The van der Waals surface area contributed by atoms with Crippen LogP contribution in [0.5, 0.6) is 0 Å². The summed E-state index contributed by atoms with van der Waals surface area (Å²) in [5, 5.41) is 3.09. The quantitative estimate of drug-likeness (QED) is 0.530. The van der Waals surface area contributed by atoms with Crippen molar-refractivity contribution in [1.29, 1.82) is 0 Å². The molecule has 0 aromatic heterocycles. The summed E-state index contributed by atoms with van der Waals surface area (Å²) in [5.41, 5.74) is 0. The van der Waals surface area contributed by atoms with Crippen LogP contribution < -0.4 is 0 Å². The van der Waals surface area contributed by atoms with E-state index < -0.39 is 6.03 Å². The van der Waals surface area contributed by atoms with E-state index in [1.165, 1.54) is 5.01 Å². The first-order chi connectivity index (χ1) is 5.50. The minimum absolute atomic E-state index is 0.440. The monoisotopic (exact) mass is 213 g/mol. The summed E-state index contributed by atoms with van der Waals surface area (Å²) >= 11 is 10.6. The van der Waals surface area contributed by atoms with Crippen LogP contribution in [0.3, 0.4) is 0 Å². The summed E-state index contributed by atoms with van der Waals surface area (Å²) < 4.78 is 0.523. The van der Waals surface area contributed by atoms with Crippen LogP contribution in [0.4, 0.5) is 4.79 Å². The highest BCUT2D eigenvalue weighted by Gasteiger charge is 2.19. The van der Waals surface area contributed by atoms with Crippen LogP contribution >= 0.6 is 23.6 Å². The second-order valence-corrected chi connectivity index (χ2v) is 3.34. The largest absolute Gasteiger partial charge is 0.364 e. The molecule has 0 radical (unpaired) electrons. The standard InChI is InChI=1S/C6H13Cl2N3O/c1-4-5-10(9(2)3)6(12)11(7)8/h4-5H2,1-3H3. The number of hydrogen-bond donors (Lipinski definition) is 0. The third kappa shape index (κ3) is 3.47. The van der Waals surface area contributed by atoms with Gasteiger partial charge in [0.1, 0.15) is 0 Å². The van der Waals surface area contributed by atoms with Crippen molar-refractivity contribution in [3.8, 4) is 0 Å². The van der Waals surface area contributed by atoms with Gasteiger partial charge in [-0.25, -0.2) is 9.80 Å². The molecule has 0 saturated carbocycles. The van der Waals surface area contributed by atoms with E-state index in [0.717, 1.165) is 6.42 Å². The Bertz CT molecular complexity index is 152. The smallest absolute Gasteiger partial charge is 0.255 e. The lowest BCUT2D eigenvalue weighted by Crippen LogP contribution is -2.44. The van der Waals surface area contributed by atoms with Crippen molar-refractivity contribution in [2.24, 2.45) is 0 Å². The number of rotatable bonds is 3. The average Bonchev–Trinajstić information content (AvgIpc) is 1.98. The van der Waals surface area contributed by atoms with Crippen molar-refractivity contribution >= 4 is 29.6 Å². The van der Waals surface area contributed by atoms with Crippen molar-refractivity contribution in [2.45, 2.75) is 13.3 Å². The maximum absolute atomic E-state index is 11.2. The lowest BCUT2D eigenvalue weighted by atomic mass is 10.5. The van der Waals surface area contributed by atoms with Gasteiger partial charge in [0.25, 0.3) is 0 Å². The van der Waals surface area contributed by atoms with Gasteiger partial charge in [0, 0.05) is 44.2 Å². The summed E-state index contributed by atoms with van der Waals surface area (Å²) in [7, 11) is 3.51. The highest BCUT2D eigenvalue weighted by Crippen LogP contribution is 2.07. The fraction of sp³-hybridized carbons (Fsp3) is 0.833. The second-order valence-electron chi connectivity index (χ2n) is 2.49. The number of hydrazine groups is 1. The van der Waals surface area contributed by atoms with E-state index in [-0.39, 0.29) is 0 Å². The molecular formula is C6H13Cl2N3O. The van der Waals surface area contributed by atoms with E-state index in [2.05, 4.69) is 0 Å². The maximum atomic E-state index is 11.2. The summed E-state index contributed by atoms with van der Waals surface area (Å²) in [6.45, 7) is 2.57. The topological polar surface area (TPSA) is 26.8 Å². The van der Waals surface area contributed by atoms with Gasteiger partial charge < -0.3 is 0 Å². The Hall–Kier alpha value is -0.190. The predicted octanol–water partition coefficient (Wildman–Crippen LogP) is 1.90. The zero-order chi connectivity index (χ0) is 9.72. The molecule has 0 spiro atoms. The fourth-order valence-electron chi connectivity index (χ4n) is 0.766. The molecule has 0 aliphatic heterocycles. The van der Waals surface area contributed by atoms with Gasteiger partial charge in [0.15, 0.2) is 0 Å². The molecule has 0 rings (SSSR count). The number of halogens is 2. The summed E-state index contributed by atoms with van der Waals surface area (Å²) in [6, 6.07) is -0.440. The fourth-order valence-corrected chi connectivity index (χ4v) is 0.940. The van der Waals surface area contributed by atoms with Crippen molar-refractivity contribution in [3.05, 3.63) is 0 Å². The van der Waals surface area contributed by atoms with Crippen LogP contribution in [0, 0.1) is 0 Å². The highest BCUT2D eigenvalue weighted by atomic mass is 35.5. The third-order valence-corrected chi connectivity index (χ3v) is 1.57. The van der Waals surface area contributed by atoms with Crippen molar-refractivity contribution < 1.29 is 4.79 Å². The highest BCUT2D eigenvalue weighted by molar-refractivity contribution is 6.41. The van der Waals surface area contributed by atoms with Gasteiger partial charge in [-0.1, -0.05) is 6.92 Å². The average molecular weight is 214 g/mol. The number of carbonyl (C=O) groups is 1. The van der Waals surface area contributed by atoms with E-state index in [4.69, 9.17) is 23.6 Å². The van der Waals surface area contributed by atoms with E-state index in [0.29, 0.717) is 10.5 Å². The van der Waals surface area contributed by atoms with Gasteiger partial charge >= 0.3 is 6.03 Å². The first-order valence-electron chi connectivity index (χ1n) is 3.61. The van der Waals surface area contributed by atoms with E-state index >= 15 is 0 Å². The number of amides is 2. The molecule has 0 heterocycles. The van der Waals surface area contributed by atoms with Gasteiger partial charge in [0.2, 0.25) is 0 Å². The lowest BCUT2D eigenvalue weighted by Gasteiger charge is -2.28. The van der Waals surface area contributed by atoms with Gasteiger partial charge in [-0.2, -0.15) is 0 Å². The predicted molar refractivity (Wildman–Crippen MR) is 49.6 cm³/mol. The third-order valence-electron chi connectivity index (χ3n) is 1.28. The molecule has 2 amide bonds. The first kappa shape index (κ1) is 11.8. The lowest BCUT2D eigenvalue weighted by molar-refractivity contribution is 0.0591. The van der Waals surface area contributed by atoms with Crippen LogP contribution in [0.1, 0.15) is 13.3 Å². The Kier molecular flexibility index (Phi) is 5.37. The second kappa shape index (κ2) is 5.45. The molecule has 4 nitrogen and oxygen atoms in total. The van der Waals surface area contributed by atoms with Gasteiger partial charge in [0.05, 0.1) is 0 Å². The van der Waals surface area contributed by atoms with Crippen molar-refractivity contribution in [2.75, 3.05) is 20.6 Å². The Morgan fingerprint density at radius 1 is 1.33 bits per heavy atom. The van der Waals surface area contributed by atoms with Crippen LogP contribution in [0.25, 0.3) is 0 Å². The van der Waals surface area contributed by atoms with E-state index in [9.17, 15) is 4.79 Å². The normalized spacial score (nSPS) is 10.2. The number of carbonyl (C=O) groups excluding carboxylic acids is 1. The molecule has 0 bridgehead atoms. The van der Waals surface area contributed by atoms with Crippen LogP contribution in [0.15, 0.2) is 0 Å². The van der Waals surface area contributed by atoms with Crippen molar-refractivity contribution in [1.82, 2.24) is 14.0 Å². The summed E-state index contributed by atoms with van der Waals surface area (Å²) in [5.74, 6) is 0. The minimum Gasteiger partial charge on any atom is -0.255 e. The SMILES string of the molecule is CCCN(C(=O)N(Cl)Cl)N(C)C. The Morgan fingerprint density at radius 2 is 1.83 bits per heavy atom. The first-order valence-corrected chi connectivity index (χ1v) is 4.28. The minimum atomic E-state index is -0.440. The molecule has 0 unspecified atom stereocenters. The number of nitrogens with zero attached hydrogens (tertiary/aromatic N) is 3. The molecule has 0 aliphatic rings. The molecule has 0 saturated heterocycles. The number of hydrogen-bond acceptors (Lipinski definition) is 2. The molecule has 0 atom stereocenters. The molecule has 0 N–H and O–H groups in total. The van der Waals surface area contributed by atoms with Gasteiger partial charge in [-0.3, -0.25) is 5.01 Å². The zero-order valence-electron chi connectivity index (χ0n) is 7.42. The molecule has 0 aromatic rings.